The number of fused-ring (bicyclic) bond motifs is 1. The van der Waals surface area contributed by atoms with Gasteiger partial charge in [-0.3, -0.25) is 9.59 Å². The summed E-state index contributed by atoms with van der Waals surface area (Å²) in [5.74, 6) is -0.245. The number of nitriles is 1. The molecule has 7 heteroatoms. The Kier molecular flexibility index (Phi) is 4.51. The summed E-state index contributed by atoms with van der Waals surface area (Å²) in [6.07, 6.45) is 6.92. The molecule has 0 aromatic carbocycles. The van der Waals surface area contributed by atoms with E-state index in [4.69, 9.17) is 4.42 Å². The van der Waals surface area contributed by atoms with Crippen molar-refractivity contribution in [1.29, 1.82) is 5.26 Å². The SMILES string of the molecule is N#Cc1c(NC(=O)C2CCCN2C(=O)c2ccco2)sc2c1CCCC2. The van der Waals surface area contributed by atoms with Crippen LogP contribution in [0.3, 0.4) is 0 Å². The number of amides is 2. The van der Waals surface area contributed by atoms with Crippen LogP contribution in [-0.2, 0) is 17.6 Å². The summed E-state index contributed by atoms with van der Waals surface area (Å²) in [7, 11) is 0. The Balaban J connectivity index is 1.54. The van der Waals surface area contributed by atoms with Gasteiger partial charge in [-0.05, 0) is 56.2 Å². The lowest BCUT2D eigenvalue weighted by molar-refractivity contribution is -0.119. The lowest BCUT2D eigenvalue weighted by atomic mass is 9.96. The lowest BCUT2D eigenvalue weighted by Crippen LogP contribution is -2.43. The molecule has 2 aliphatic rings. The van der Waals surface area contributed by atoms with Crippen molar-refractivity contribution in [2.45, 2.75) is 44.6 Å². The molecule has 26 heavy (non-hydrogen) atoms. The maximum Gasteiger partial charge on any atom is 0.290 e. The van der Waals surface area contributed by atoms with Crippen LogP contribution in [0.2, 0.25) is 0 Å². The maximum absolute atomic E-state index is 12.8. The predicted octanol–water partition coefficient (Wildman–Crippen LogP) is 3.33. The number of hydrogen-bond acceptors (Lipinski definition) is 5. The second kappa shape index (κ2) is 6.96. The fraction of sp³-hybridized carbons (Fsp3) is 0.421. The Labute approximate surface area is 155 Å². The first kappa shape index (κ1) is 16.9. The summed E-state index contributed by atoms with van der Waals surface area (Å²) in [5.41, 5.74) is 1.69. The van der Waals surface area contributed by atoms with Crippen molar-refractivity contribution < 1.29 is 14.0 Å². The number of nitrogens with one attached hydrogen (secondary N) is 1. The van der Waals surface area contributed by atoms with E-state index in [2.05, 4.69) is 11.4 Å². The van der Waals surface area contributed by atoms with Crippen LogP contribution in [0.5, 0.6) is 0 Å². The van der Waals surface area contributed by atoms with Crippen LogP contribution in [0.25, 0.3) is 0 Å². The van der Waals surface area contributed by atoms with E-state index in [1.54, 1.807) is 17.0 Å². The second-order valence-electron chi connectivity index (χ2n) is 6.65. The average molecular weight is 369 g/mol. The van der Waals surface area contributed by atoms with E-state index in [0.29, 0.717) is 23.5 Å². The summed E-state index contributed by atoms with van der Waals surface area (Å²) in [4.78, 5) is 28.2. The van der Waals surface area contributed by atoms with E-state index in [1.807, 2.05) is 0 Å². The first-order chi connectivity index (χ1) is 12.7. The Morgan fingerprint density at radius 3 is 2.92 bits per heavy atom. The smallest absolute Gasteiger partial charge is 0.290 e. The lowest BCUT2D eigenvalue weighted by Gasteiger charge is -2.22. The number of nitrogens with zero attached hydrogens (tertiary/aromatic N) is 2. The molecule has 6 nitrogen and oxygen atoms in total. The zero-order valence-electron chi connectivity index (χ0n) is 14.3. The average Bonchev–Trinajstić information content (AvgIpc) is 3.39. The molecule has 1 saturated heterocycles. The van der Waals surface area contributed by atoms with Gasteiger partial charge in [-0.2, -0.15) is 5.26 Å². The molecule has 2 aromatic heterocycles. The highest BCUT2D eigenvalue weighted by Crippen LogP contribution is 2.38. The number of anilines is 1. The summed E-state index contributed by atoms with van der Waals surface area (Å²) in [6.45, 7) is 0.531. The molecule has 0 radical (unpaired) electrons. The van der Waals surface area contributed by atoms with Gasteiger partial charge in [0.15, 0.2) is 5.76 Å². The Morgan fingerprint density at radius 2 is 2.15 bits per heavy atom. The molecule has 1 fully saturated rings. The standard InChI is InChI=1S/C19H19N3O3S/c20-11-13-12-5-1-2-8-16(12)26-18(13)21-17(23)14-6-3-9-22(14)19(24)15-7-4-10-25-15/h4,7,10,14H,1-3,5-6,8-9H2,(H,21,23). The molecular formula is C19H19N3O3S. The monoisotopic (exact) mass is 369 g/mol. The second-order valence-corrected chi connectivity index (χ2v) is 7.76. The van der Waals surface area contributed by atoms with Crippen molar-refractivity contribution in [2.24, 2.45) is 0 Å². The van der Waals surface area contributed by atoms with Gasteiger partial charge in [-0.15, -0.1) is 11.3 Å². The van der Waals surface area contributed by atoms with Gasteiger partial charge >= 0.3 is 0 Å². The normalized spacial score (nSPS) is 19.0. The molecule has 0 spiro atoms. The summed E-state index contributed by atoms with van der Waals surface area (Å²) in [5, 5.41) is 13.1. The summed E-state index contributed by atoms with van der Waals surface area (Å²) < 4.78 is 5.18. The third kappa shape index (κ3) is 2.90. The number of furan rings is 1. The fourth-order valence-corrected chi connectivity index (χ4v) is 5.03. The molecule has 1 unspecified atom stereocenters. The van der Waals surface area contributed by atoms with Crippen LogP contribution in [0.15, 0.2) is 22.8 Å². The zero-order chi connectivity index (χ0) is 18.1. The van der Waals surface area contributed by atoms with Gasteiger partial charge in [-0.25, -0.2) is 0 Å². The van der Waals surface area contributed by atoms with Gasteiger partial charge in [0, 0.05) is 11.4 Å². The quantitative estimate of drug-likeness (QED) is 0.899. The number of thiophene rings is 1. The Bertz CT molecular complexity index is 879. The van der Waals surface area contributed by atoms with Crippen LogP contribution in [0.4, 0.5) is 5.00 Å². The molecular weight excluding hydrogens is 350 g/mol. The highest BCUT2D eigenvalue weighted by atomic mass is 32.1. The molecule has 1 aliphatic heterocycles. The van der Waals surface area contributed by atoms with Crippen molar-refractivity contribution in [3.8, 4) is 6.07 Å². The number of rotatable bonds is 3. The molecule has 0 saturated carbocycles. The molecule has 2 aromatic rings. The molecule has 4 rings (SSSR count). The van der Waals surface area contributed by atoms with Gasteiger partial charge in [0.2, 0.25) is 5.91 Å². The van der Waals surface area contributed by atoms with E-state index in [9.17, 15) is 14.9 Å². The zero-order valence-corrected chi connectivity index (χ0v) is 15.1. The van der Waals surface area contributed by atoms with E-state index in [-0.39, 0.29) is 17.6 Å². The van der Waals surface area contributed by atoms with Crippen molar-refractivity contribution in [2.75, 3.05) is 11.9 Å². The van der Waals surface area contributed by atoms with Crippen LogP contribution in [0, 0.1) is 11.3 Å². The van der Waals surface area contributed by atoms with Gasteiger partial charge in [0.05, 0.1) is 11.8 Å². The largest absolute Gasteiger partial charge is 0.459 e. The Hall–Kier alpha value is -2.59. The summed E-state index contributed by atoms with van der Waals surface area (Å²) in [6, 6.07) is 5.00. The van der Waals surface area contributed by atoms with Gasteiger partial charge in [-0.1, -0.05) is 0 Å². The Morgan fingerprint density at radius 1 is 1.31 bits per heavy atom. The number of likely N-dealkylation sites (tertiary alicyclic amines) is 1. The van der Waals surface area contributed by atoms with Gasteiger partial charge < -0.3 is 14.6 Å². The van der Waals surface area contributed by atoms with E-state index < -0.39 is 6.04 Å². The number of hydrogen-bond donors (Lipinski definition) is 1. The minimum atomic E-state index is -0.529. The minimum absolute atomic E-state index is 0.225. The van der Waals surface area contributed by atoms with Crippen LogP contribution in [0.1, 0.15) is 52.2 Å². The summed E-state index contributed by atoms with van der Waals surface area (Å²) >= 11 is 1.50. The molecule has 0 bridgehead atoms. The fourth-order valence-electron chi connectivity index (χ4n) is 3.79. The molecule has 1 aliphatic carbocycles. The maximum atomic E-state index is 12.8. The number of carbonyl (C=O) groups is 2. The molecule has 3 heterocycles. The third-order valence-corrected chi connectivity index (χ3v) is 6.28. The number of carbonyl (C=O) groups excluding carboxylic acids is 2. The molecule has 1 N–H and O–H groups in total. The van der Waals surface area contributed by atoms with Crippen molar-refractivity contribution in [3.05, 3.63) is 40.2 Å². The van der Waals surface area contributed by atoms with Gasteiger partial charge in [0.1, 0.15) is 17.1 Å². The van der Waals surface area contributed by atoms with E-state index in [0.717, 1.165) is 37.7 Å². The first-order valence-corrected chi connectivity index (χ1v) is 9.70. The highest BCUT2D eigenvalue weighted by Gasteiger charge is 2.36. The minimum Gasteiger partial charge on any atom is -0.459 e. The van der Waals surface area contributed by atoms with Gasteiger partial charge in [0.25, 0.3) is 5.91 Å². The highest BCUT2D eigenvalue weighted by molar-refractivity contribution is 7.16. The third-order valence-electron chi connectivity index (χ3n) is 5.07. The predicted molar refractivity (Wildman–Crippen MR) is 97.1 cm³/mol. The first-order valence-electron chi connectivity index (χ1n) is 8.89. The topological polar surface area (TPSA) is 86.3 Å². The molecule has 134 valence electrons. The van der Waals surface area contributed by atoms with Crippen molar-refractivity contribution in [1.82, 2.24) is 4.90 Å². The van der Waals surface area contributed by atoms with Crippen LogP contribution < -0.4 is 5.32 Å². The van der Waals surface area contributed by atoms with Crippen molar-refractivity contribution >= 4 is 28.2 Å². The van der Waals surface area contributed by atoms with Crippen LogP contribution in [-0.4, -0.2) is 29.3 Å². The number of aryl methyl sites for hydroxylation is 1. The molecule has 1 atom stereocenters. The van der Waals surface area contributed by atoms with E-state index >= 15 is 0 Å². The van der Waals surface area contributed by atoms with E-state index in [1.165, 1.54) is 22.5 Å². The van der Waals surface area contributed by atoms with Crippen LogP contribution >= 0.6 is 11.3 Å². The van der Waals surface area contributed by atoms with Crippen molar-refractivity contribution in [3.63, 3.8) is 0 Å². The molecule has 2 amide bonds.